The van der Waals surface area contributed by atoms with E-state index in [9.17, 15) is 4.79 Å². The first-order valence-corrected chi connectivity index (χ1v) is 9.98. The summed E-state index contributed by atoms with van der Waals surface area (Å²) in [6.45, 7) is 2.93. The molecule has 0 spiro atoms. The van der Waals surface area contributed by atoms with Crippen LogP contribution in [0.25, 0.3) is 0 Å². The number of benzene rings is 2. The third-order valence-corrected chi connectivity index (χ3v) is 5.03. The van der Waals surface area contributed by atoms with E-state index in [2.05, 4.69) is 10.3 Å². The molecule has 0 radical (unpaired) electrons. The summed E-state index contributed by atoms with van der Waals surface area (Å²) in [5.74, 6) is 0.752. The molecule has 0 aliphatic rings. The monoisotopic (exact) mass is 400 g/mol. The van der Waals surface area contributed by atoms with Crippen LogP contribution in [0.5, 0.6) is 5.75 Å². The molecule has 0 fully saturated rings. The molecule has 140 valence electrons. The topological polar surface area (TPSA) is 51.2 Å². The van der Waals surface area contributed by atoms with Gasteiger partial charge in [-0.25, -0.2) is 4.98 Å². The Kier molecular flexibility index (Phi) is 6.85. The second kappa shape index (κ2) is 9.53. The Morgan fingerprint density at radius 1 is 1.22 bits per heavy atom. The summed E-state index contributed by atoms with van der Waals surface area (Å²) >= 11 is 7.57. The van der Waals surface area contributed by atoms with Gasteiger partial charge in [0.25, 0.3) is 0 Å². The molecule has 3 rings (SSSR count). The molecule has 2 aromatic carbocycles. The Labute approximate surface area is 168 Å². The van der Waals surface area contributed by atoms with E-state index in [1.807, 2.05) is 60.8 Å². The van der Waals surface area contributed by atoms with Gasteiger partial charge in [-0.3, -0.25) is 4.79 Å². The Morgan fingerprint density at radius 3 is 2.81 bits per heavy atom. The minimum absolute atomic E-state index is 0.0536. The fourth-order valence-electron chi connectivity index (χ4n) is 2.55. The van der Waals surface area contributed by atoms with Crippen molar-refractivity contribution in [2.75, 3.05) is 13.2 Å². The van der Waals surface area contributed by atoms with Gasteiger partial charge in [-0.05, 0) is 36.8 Å². The number of ether oxygens (including phenoxy) is 1. The van der Waals surface area contributed by atoms with Crippen LogP contribution in [-0.4, -0.2) is 24.0 Å². The van der Waals surface area contributed by atoms with E-state index in [-0.39, 0.29) is 12.3 Å². The number of aryl methyl sites for hydroxylation is 1. The molecule has 0 aliphatic carbocycles. The van der Waals surface area contributed by atoms with Gasteiger partial charge < -0.3 is 10.1 Å². The summed E-state index contributed by atoms with van der Waals surface area (Å²) in [4.78, 5) is 16.6. The number of hydrogen-bond donors (Lipinski definition) is 1. The quantitative estimate of drug-likeness (QED) is 0.569. The van der Waals surface area contributed by atoms with Crippen LogP contribution in [0.1, 0.15) is 21.8 Å². The van der Waals surface area contributed by atoms with Gasteiger partial charge in [0.2, 0.25) is 5.91 Å². The van der Waals surface area contributed by atoms with Crippen LogP contribution in [0, 0.1) is 6.92 Å². The minimum Gasteiger partial charge on any atom is -0.492 e. The maximum Gasteiger partial charge on any atom is 0.226 e. The highest BCUT2D eigenvalue weighted by molar-refractivity contribution is 7.09. The maximum atomic E-state index is 12.1. The zero-order valence-corrected chi connectivity index (χ0v) is 16.6. The van der Waals surface area contributed by atoms with Crippen LogP contribution in [0.3, 0.4) is 0 Å². The second-order valence-electron chi connectivity index (χ2n) is 6.23. The molecule has 1 amide bonds. The SMILES string of the molecule is Cc1ccc(OCCNC(=O)Cc2csc(Cc3cccc(Cl)c3)n2)cc1. The van der Waals surface area contributed by atoms with Crippen LogP contribution in [-0.2, 0) is 17.6 Å². The van der Waals surface area contributed by atoms with E-state index in [0.717, 1.165) is 33.5 Å². The van der Waals surface area contributed by atoms with Crippen molar-refractivity contribution in [2.45, 2.75) is 19.8 Å². The van der Waals surface area contributed by atoms with Crippen LogP contribution in [0.15, 0.2) is 53.9 Å². The molecule has 0 aliphatic heterocycles. The maximum absolute atomic E-state index is 12.1. The predicted octanol–water partition coefficient (Wildman–Crippen LogP) is 4.43. The van der Waals surface area contributed by atoms with Gasteiger partial charge >= 0.3 is 0 Å². The zero-order valence-electron chi connectivity index (χ0n) is 15.1. The summed E-state index contributed by atoms with van der Waals surface area (Å²) in [6.07, 6.45) is 0.994. The van der Waals surface area contributed by atoms with Gasteiger partial charge in [-0.2, -0.15) is 0 Å². The van der Waals surface area contributed by atoms with Crippen molar-refractivity contribution in [3.8, 4) is 5.75 Å². The fraction of sp³-hybridized carbons (Fsp3) is 0.238. The van der Waals surface area contributed by atoms with Crippen molar-refractivity contribution >= 4 is 28.8 Å². The third-order valence-electron chi connectivity index (χ3n) is 3.90. The number of aromatic nitrogens is 1. The zero-order chi connectivity index (χ0) is 19.1. The lowest BCUT2D eigenvalue weighted by Gasteiger charge is -2.07. The highest BCUT2D eigenvalue weighted by Crippen LogP contribution is 2.18. The molecule has 6 heteroatoms. The number of nitrogens with one attached hydrogen (secondary N) is 1. The van der Waals surface area contributed by atoms with Gasteiger partial charge in [-0.1, -0.05) is 41.4 Å². The standard InChI is InChI=1S/C21H21ClN2O2S/c1-15-5-7-19(8-6-15)26-10-9-23-20(25)13-18-14-27-21(24-18)12-16-3-2-4-17(22)11-16/h2-8,11,14H,9-10,12-13H2,1H3,(H,23,25). The van der Waals surface area contributed by atoms with Crippen LogP contribution < -0.4 is 10.1 Å². The average Bonchev–Trinajstić information content (AvgIpc) is 3.07. The molecule has 0 unspecified atom stereocenters. The molecule has 0 saturated heterocycles. The molecule has 0 bridgehead atoms. The van der Waals surface area contributed by atoms with Crippen LogP contribution >= 0.6 is 22.9 Å². The lowest BCUT2D eigenvalue weighted by molar-refractivity contribution is -0.120. The van der Waals surface area contributed by atoms with E-state index < -0.39 is 0 Å². The normalized spacial score (nSPS) is 10.6. The van der Waals surface area contributed by atoms with Gasteiger partial charge in [0.1, 0.15) is 12.4 Å². The number of halogens is 1. The molecule has 4 nitrogen and oxygen atoms in total. The van der Waals surface area contributed by atoms with Gasteiger partial charge in [0.05, 0.1) is 23.7 Å². The lowest BCUT2D eigenvalue weighted by atomic mass is 10.2. The summed E-state index contributed by atoms with van der Waals surface area (Å²) < 4.78 is 5.60. The van der Waals surface area contributed by atoms with Gasteiger partial charge in [0, 0.05) is 16.8 Å². The predicted molar refractivity (Wildman–Crippen MR) is 110 cm³/mol. The Balaban J connectivity index is 1.40. The van der Waals surface area contributed by atoms with E-state index in [0.29, 0.717) is 13.2 Å². The number of hydrogen-bond acceptors (Lipinski definition) is 4. The largest absolute Gasteiger partial charge is 0.492 e. The van der Waals surface area contributed by atoms with Crippen molar-refractivity contribution in [3.05, 3.63) is 80.8 Å². The summed E-state index contributed by atoms with van der Waals surface area (Å²) in [5, 5.41) is 6.49. The first kappa shape index (κ1) is 19.4. The molecule has 3 aromatic rings. The molecule has 1 heterocycles. The number of nitrogens with zero attached hydrogens (tertiary/aromatic N) is 1. The molecular weight excluding hydrogens is 380 g/mol. The number of carbonyl (C=O) groups excluding carboxylic acids is 1. The Bertz CT molecular complexity index is 893. The second-order valence-corrected chi connectivity index (χ2v) is 7.61. The first-order chi connectivity index (χ1) is 13.1. The Hall–Kier alpha value is -2.37. The highest BCUT2D eigenvalue weighted by Gasteiger charge is 2.08. The van der Waals surface area contributed by atoms with Gasteiger partial charge in [-0.15, -0.1) is 11.3 Å². The van der Waals surface area contributed by atoms with Crippen molar-refractivity contribution in [2.24, 2.45) is 0 Å². The van der Waals surface area contributed by atoms with E-state index >= 15 is 0 Å². The molecule has 1 N–H and O–H groups in total. The number of rotatable bonds is 8. The number of amides is 1. The lowest BCUT2D eigenvalue weighted by Crippen LogP contribution is -2.29. The fourth-order valence-corrected chi connectivity index (χ4v) is 3.59. The summed E-state index contributed by atoms with van der Waals surface area (Å²) in [7, 11) is 0. The summed E-state index contributed by atoms with van der Waals surface area (Å²) in [6, 6.07) is 15.6. The van der Waals surface area contributed by atoms with E-state index in [1.165, 1.54) is 5.56 Å². The molecule has 0 saturated carbocycles. The van der Waals surface area contributed by atoms with Crippen LogP contribution in [0.2, 0.25) is 5.02 Å². The molecule has 27 heavy (non-hydrogen) atoms. The first-order valence-electron chi connectivity index (χ1n) is 8.72. The van der Waals surface area contributed by atoms with Crippen molar-refractivity contribution in [3.63, 3.8) is 0 Å². The average molecular weight is 401 g/mol. The third kappa shape index (κ3) is 6.38. The number of carbonyl (C=O) groups is 1. The minimum atomic E-state index is -0.0536. The smallest absolute Gasteiger partial charge is 0.226 e. The molecular formula is C21H21ClN2O2S. The van der Waals surface area contributed by atoms with Crippen molar-refractivity contribution in [1.82, 2.24) is 10.3 Å². The van der Waals surface area contributed by atoms with E-state index in [4.69, 9.17) is 16.3 Å². The van der Waals surface area contributed by atoms with E-state index in [1.54, 1.807) is 11.3 Å². The number of thiazole rings is 1. The summed E-state index contributed by atoms with van der Waals surface area (Å²) in [5.41, 5.74) is 3.09. The van der Waals surface area contributed by atoms with Crippen LogP contribution in [0.4, 0.5) is 0 Å². The van der Waals surface area contributed by atoms with Crippen molar-refractivity contribution in [1.29, 1.82) is 0 Å². The van der Waals surface area contributed by atoms with Gasteiger partial charge in [0.15, 0.2) is 0 Å². The highest BCUT2D eigenvalue weighted by atomic mass is 35.5. The van der Waals surface area contributed by atoms with Crippen molar-refractivity contribution < 1.29 is 9.53 Å². The molecule has 1 aromatic heterocycles. The molecule has 0 atom stereocenters. The Morgan fingerprint density at radius 2 is 2.04 bits per heavy atom.